The van der Waals surface area contributed by atoms with Crippen molar-refractivity contribution >= 4 is 11.7 Å². The van der Waals surface area contributed by atoms with Gasteiger partial charge in [-0.3, -0.25) is 0 Å². The van der Waals surface area contributed by atoms with Crippen LogP contribution in [0.5, 0.6) is 11.6 Å². The first kappa shape index (κ1) is 15.0. The molecule has 0 saturated carbocycles. The van der Waals surface area contributed by atoms with Crippen molar-refractivity contribution in [3.63, 3.8) is 0 Å². The van der Waals surface area contributed by atoms with Crippen LogP contribution in [0, 0.1) is 5.82 Å². The standard InChI is InChI=1S/C17H15FN2O3/c1-2-22-17(21)11-9-15-14(19-10-11)7-8-16(20-15)23-13-5-3-12(18)4-6-13/h3-8,10,19H,2,9H2,1H3. The van der Waals surface area contributed by atoms with Gasteiger partial charge in [0.15, 0.2) is 0 Å². The average molecular weight is 314 g/mol. The zero-order valence-corrected chi connectivity index (χ0v) is 12.5. The summed E-state index contributed by atoms with van der Waals surface area (Å²) in [5.74, 6) is 0.174. The Hall–Kier alpha value is -2.89. The summed E-state index contributed by atoms with van der Waals surface area (Å²) in [6.45, 7) is 2.08. The highest BCUT2D eigenvalue weighted by atomic mass is 19.1. The van der Waals surface area contributed by atoms with E-state index in [9.17, 15) is 9.18 Å². The van der Waals surface area contributed by atoms with Crippen LogP contribution in [-0.2, 0) is 16.0 Å². The summed E-state index contributed by atoms with van der Waals surface area (Å²) in [6, 6.07) is 9.21. The van der Waals surface area contributed by atoms with Crippen LogP contribution in [0.25, 0.3) is 0 Å². The number of hydrogen-bond donors (Lipinski definition) is 1. The first-order valence-corrected chi connectivity index (χ1v) is 7.21. The van der Waals surface area contributed by atoms with Gasteiger partial charge < -0.3 is 14.8 Å². The highest BCUT2D eigenvalue weighted by Crippen LogP contribution is 2.27. The van der Waals surface area contributed by atoms with Gasteiger partial charge in [-0.1, -0.05) is 0 Å². The maximum atomic E-state index is 12.9. The monoisotopic (exact) mass is 314 g/mol. The van der Waals surface area contributed by atoms with E-state index < -0.39 is 0 Å². The molecule has 1 aromatic heterocycles. The summed E-state index contributed by atoms with van der Waals surface area (Å²) in [5.41, 5.74) is 2.01. The molecule has 118 valence electrons. The van der Waals surface area contributed by atoms with Crippen molar-refractivity contribution in [2.45, 2.75) is 13.3 Å². The molecule has 0 amide bonds. The first-order chi connectivity index (χ1) is 11.2. The van der Waals surface area contributed by atoms with Crippen LogP contribution >= 0.6 is 0 Å². The molecular formula is C17H15FN2O3. The van der Waals surface area contributed by atoms with E-state index in [0.717, 1.165) is 5.69 Å². The number of pyridine rings is 1. The number of nitrogens with one attached hydrogen (secondary N) is 1. The lowest BCUT2D eigenvalue weighted by molar-refractivity contribution is -0.138. The van der Waals surface area contributed by atoms with Gasteiger partial charge in [0.2, 0.25) is 5.88 Å². The van der Waals surface area contributed by atoms with Crippen molar-refractivity contribution < 1.29 is 18.7 Å². The van der Waals surface area contributed by atoms with Crippen molar-refractivity contribution in [3.05, 3.63) is 59.7 Å². The van der Waals surface area contributed by atoms with Crippen molar-refractivity contribution in [2.24, 2.45) is 0 Å². The van der Waals surface area contributed by atoms with Gasteiger partial charge in [0, 0.05) is 18.7 Å². The maximum absolute atomic E-state index is 12.9. The molecule has 2 aromatic rings. The molecule has 3 rings (SSSR count). The molecule has 1 aromatic carbocycles. The molecule has 0 saturated heterocycles. The van der Waals surface area contributed by atoms with Gasteiger partial charge in [0.25, 0.3) is 0 Å². The van der Waals surface area contributed by atoms with Crippen LogP contribution in [0.2, 0.25) is 0 Å². The predicted molar refractivity (Wildman–Crippen MR) is 82.8 cm³/mol. The van der Waals surface area contributed by atoms with Gasteiger partial charge in [-0.25, -0.2) is 14.2 Å². The molecule has 1 aliphatic heterocycles. The summed E-state index contributed by atoms with van der Waals surface area (Å²) in [6.07, 6.45) is 1.99. The Labute approximate surface area is 132 Å². The summed E-state index contributed by atoms with van der Waals surface area (Å²) in [4.78, 5) is 16.2. The number of benzene rings is 1. The van der Waals surface area contributed by atoms with E-state index in [-0.39, 0.29) is 11.8 Å². The van der Waals surface area contributed by atoms with Gasteiger partial charge >= 0.3 is 5.97 Å². The molecule has 0 atom stereocenters. The Kier molecular flexibility index (Phi) is 4.23. The minimum absolute atomic E-state index is 0.324. The Morgan fingerprint density at radius 1 is 1.26 bits per heavy atom. The van der Waals surface area contributed by atoms with Crippen molar-refractivity contribution in [3.8, 4) is 11.6 Å². The Bertz CT molecular complexity index is 757. The third kappa shape index (κ3) is 3.48. The van der Waals surface area contributed by atoms with Gasteiger partial charge in [-0.15, -0.1) is 0 Å². The van der Waals surface area contributed by atoms with E-state index in [4.69, 9.17) is 9.47 Å². The second-order valence-corrected chi connectivity index (χ2v) is 4.91. The molecule has 5 nitrogen and oxygen atoms in total. The van der Waals surface area contributed by atoms with Crippen molar-refractivity contribution in [1.82, 2.24) is 4.98 Å². The number of halogens is 1. The van der Waals surface area contributed by atoms with Gasteiger partial charge in [-0.05, 0) is 37.3 Å². The fourth-order valence-corrected chi connectivity index (χ4v) is 2.18. The third-order valence-electron chi connectivity index (χ3n) is 3.28. The van der Waals surface area contributed by atoms with Crippen LogP contribution < -0.4 is 10.1 Å². The van der Waals surface area contributed by atoms with Crippen LogP contribution in [0.15, 0.2) is 48.2 Å². The third-order valence-corrected chi connectivity index (χ3v) is 3.28. The molecular weight excluding hydrogens is 299 g/mol. The highest BCUT2D eigenvalue weighted by Gasteiger charge is 2.19. The largest absolute Gasteiger partial charge is 0.463 e. The number of esters is 1. The quantitative estimate of drug-likeness (QED) is 0.876. The Balaban J connectivity index is 1.77. The molecule has 2 heterocycles. The molecule has 0 unspecified atom stereocenters. The summed E-state index contributed by atoms with van der Waals surface area (Å²) in [5, 5.41) is 3.02. The molecule has 0 fully saturated rings. The number of fused-ring (bicyclic) bond motifs is 1. The Morgan fingerprint density at radius 2 is 2.04 bits per heavy atom. The number of anilines is 1. The van der Waals surface area contributed by atoms with Gasteiger partial charge in [0.05, 0.1) is 23.6 Å². The van der Waals surface area contributed by atoms with Crippen LogP contribution in [0.1, 0.15) is 12.6 Å². The molecule has 6 heteroatoms. The number of rotatable bonds is 4. The maximum Gasteiger partial charge on any atom is 0.335 e. The van der Waals surface area contributed by atoms with Crippen molar-refractivity contribution in [2.75, 3.05) is 11.9 Å². The number of carbonyl (C=O) groups is 1. The second-order valence-electron chi connectivity index (χ2n) is 4.91. The number of nitrogens with zero attached hydrogens (tertiary/aromatic N) is 1. The minimum atomic E-state index is -0.364. The predicted octanol–water partition coefficient (Wildman–Crippen LogP) is 3.43. The van der Waals surface area contributed by atoms with E-state index in [1.54, 1.807) is 19.2 Å². The lowest BCUT2D eigenvalue weighted by Gasteiger charge is -2.17. The molecule has 0 aliphatic carbocycles. The zero-order valence-electron chi connectivity index (χ0n) is 12.5. The number of carbonyl (C=O) groups excluding carboxylic acids is 1. The number of aromatic nitrogens is 1. The van der Waals surface area contributed by atoms with Gasteiger partial charge in [0.1, 0.15) is 11.6 Å². The smallest absolute Gasteiger partial charge is 0.335 e. The summed E-state index contributed by atoms with van der Waals surface area (Å²) in [7, 11) is 0. The Morgan fingerprint density at radius 3 is 2.78 bits per heavy atom. The lowest BCUT2D eigenvalue weighted by Crippen LogP contribution is -2.16. The zero-order chi connectivity index (χ0) is 16.2. The molecule has 0 radical (unpaired) electrons. The summed E-state index contributed by atoms with van der Waals surface area (Å²) < 4.78 is 23.5. The van der Waals surface area contributed by atoms with E-state index in [2.05, 4.69) is 10.3 Å². The SMILES string of the molecule is CCOC(=O)C1=CNc2ccc(Oc3ccc(F)cc3)nc2C1. The van der Waals surface area contributed by atoms with Crippen molar-refractivity contribution in [1.29, 1.82) is 0 Å². The second kappa shape index (κ2) is 6.48. The van der Waals surface area contributed by atoms with E-state index in [1.165, 1.54) is 24.3 Å². The first-order valence-electron chi connectivity index (χ1n) is 7.21. The average Bonchev–Trinajstić information content (AvgIpc) is 2.56. The van der Waals surface area contributed by atoms with Gasteiger partial charge in [-0.2, -0.15) is 0 Å². The number of ether oxygens (including phenoxy) is 2. The fraction of sp³-hybridized carbons (Fsp3) is 0.176. The van der Waals surface area contributed by atoms with Crippen LogP contribution in [-0.4, -0.2) is 17.6 Å². The topological polar surface area (TPSA) is 60.5 Å². The molecule has 0 spiro atoms. The van der Waals surface area contributed by atoms with Crippen LogP contribution in [0.4, 0.5) is 10.1 Å². The molecule has 0 bridgehead atoms. The van der Waals surface area contributed by atoms with E-state index in [1.807, 2.05) is 6.07 Å². The van der Waals surface area contributed by atoms with E-state index in [0.29, 0.717) is 35.9 Å². The van der Waals surface area contributed by atoms with E-state index >= 15 is 0 Å². The molecule has 1 N–H and O–H groups in total. The molecule has 23 heavy (non-hydrogen) atoms. The normalized spacial score (nSPS) is 12.7. The highest BCUT2D eigenvalue weighted by molar-refractivity contribution is 5.90. The minimum Gasteiger partial charge on any atom is -0.463 e. The molecule has 1 aliphatic rings. The lowest BCUT2D eigenvalue weighted by atomic mass is 10.1. The number of hydrogen-bond acceptors (Lipinski definition) is 5. The fourth-order valence-electron chi connectivity index (χ4n) is 2.18. The van der Waals surface area contributed by atoms with Crippen LogP contribution in [0.3, 0.4) is 0 Å². The summed E-state index contributed by atoms with van der Waals surface area (Å²) >= 11 is 0.